The third-order valence-electron chi connectivity index (χ3n) is 5.54. The molecule has 148 valence electrons. The molecule has 2 aliphatic heterocycles. The monoisotopic (exact) mass is 383 g/mol. The second kappa shape index (κ2) is 7.31. The molecule has 2 N–H and O–H groups in total. The highest BCUT2D eigenvalue weighted by Gasteiger charge is 2.49. The van der Waals surface area contributed by atoms with E-state index in [4.69, 9.17) is 19.9 Å². The van der Waals surface area contributed by atoms with E-state index >= 15 is 0 Å². The van der Waals surface area contributed by atoms with Crippen LogP contribution in [0.3, 0.4) is 0 Å². The molecule has 0 bridgehead atoms. The zero-order chi connectivity index (χ0) is 19.7. The lowest BCUT2D eigenvalue weighted by molar-refractivity contribution is -0.169. The molecular formula is C21H25N3O4. The van der Waals surface area contributed by atoms with Crippen LogP contribution in [0.5, 0.6) is 5.75 Å². The number of anilines is 2. The summed E-state index contributed by atoms with van der Waals surface area (Å²) in [5.41, 5.74) is 7.98. The van der Waals surface area contributed by atoms with Crippen LogP contribution >= 0.6 is 0 Å². The molecule has 0 amide bonds. The lowest BCUT2D eigenvalue weighted by Crippen LogP contribution is -2.43. The standard InChI is InChI=1S/C21H25N3O4/c1-3-27-20(25)19-16-13-15(26-2)4-5-17(16)21(28-19)7-10-24(11-8-21)18-12-14(22)6-9-23-18/h4-6,9,12-13,19H,3,7-8,10-11H2,1-2H3,(H2,22,23). The van der Waals surface area contributed by atoms with Crippen molar-refractivity contribution >= 4 is 17.5 Å². The number of hydrogen-bond acceptors (Lipinski definition) is 7. The largest absolute Gasteiger partial charge is 0.497 e. The minimum atomic E-state index is -0.720. The molecule has 1 spiro atoms. The molecule has 1 aromatic heterocycles. The van der Waals surface area contributed by atoms with Gasteiger partial charge in [-0.25, -0.2) is 9.78 Å². The van der Waals surface area contributed by atoms with Crippen molar-refractivity contribution in [3.05, 3.63) is 47.7 Å². The van der Waals surface area contributed by atoms with Crippen LogP contribution in [0.25, 0.3) is 0 Å². The second-order valence-electron chi connectivity index (χ2n) is 7.13. The SMILES string of the molecule is CCOC(=O)C1OC2(CCN(c3cc(N)ccn3)CC2)c2ccc(OC)cc21. The Morgan fingerprint density at radius 2 is 2.11 bits per heavy atom. The summed E-state index contributed by atoms with van der Waals surface area (Å²) in [6.07, 6.45) is 2.50. The van der Waals surface area contributed by atoms with Gasteiger partial charge in [0.05, 0.1) is 19.3 Å². The van der Waals surface area contributed by atoms with Crippen LogP contribution < -0.4 is 15.4 Å². The number of carbonyl (C=O) groups excluding carboxylic acids is 1. The van der Waals surface area contributed by atoms with E-state index in [0.717, 1.165) is 42.9 Å². The number of nitrogen functional groups attached to an aromatic ring is 1. The number of carbonyl (C=O) groups is 1. The Morgan fingerprint density at radius 3 is 2.79 bits per heavy atom. The molecule has 4 rings (SSSR count). The van der Waals surface area contributed by atoms with Crippen LogP contribution in [0.2, 0.25) is 0 Å². The first kappa shape index (κ1) is 18.6. The molecule has 2 aliphatic rings. The topological polar surface area (TPSA) is 86.9 Å². The van der Waals surface area contributed by atoms with E-state index in [1.165, 1.54) is 0 Å². The van der Waals surface area contributed by atoms with Crippen LogP contribution in [-0.4, -0.2) is 37.8 Å². The first-order chi connectivity index (χ1) is 13.6. The first-order valence-electron chi connectivity index (χ1n) is 9.55. The van der Waals surface area contributed by atoms with Crippen molar-refractivity contribution in [3.8, 4) is 5.75 Å². The number of methoxy groups -OCH3 is 1. The van der Waals surface area contributed by atoms with Crippen LogP contribution in [0.15, 0.2) is 36.5 Å². The van der Waals surface area contributed by atoms with Crippen molar-refractivity contribution < 1.29 is 19.0 Å². The van der Waals surface area contributed by atoms with Crippen molar-refractivity contribution in [1.29, 1.82) is 0 Å². The number of nitrogens with zero attached hydrogens (tertiary/aromatic N) is 2. The Balaban J connectivity index is 1.61. The molecule has 1 fully saturated rings. The Morgan fingerprint density at radius 1 is 1.32 bits per heavy atom. The van der Waals surface area contributed by atoms with Gasteiger partial charge in [0.25, 0.3) is 0 Å². The van der Waals surface area contributed by atoms with Gasteiger partial charge >= 0.3 is 5.97 Å². The van der Waals surface area contributed by atoms with Gasteiger partial charge in [0, 0.05) is 36.6 Å². The van der Waals surface area contributed by atoms with Gasteiger partial charge in [-0.15, -0.1) is 0 Å². The maximum absolute atomic E-state index is 12.5. The van der Waals surface area contributed by atoms with E-state index in [0.29, 0.717) is 18.0 Å². The normalized spacial score (nSPS) is 20.1. The van der Waals surface area contributed by atoms with Crippen molar-refractivity contribution in [1.82, 2.24) is 4.98 Å². The maximum atomic E-state index is 12.5. The molecule has 0 aliphatic carbocycles. The summed E-state index contributed by atoms with van der Waals surface area (Å²) in [6, 6.07) is 9.49. The highest BCUT2D eigenvalue weighted by molar-refractivity contribution is 5.78. The third kappa shape index (κ3) is 3.16. The summed E-state index contributed by atoms with van der Waals surface area (Å²) in [5, 5.41) is 0. The summed E-state index contributed by atoms with van der Waals surface area (Å²) in [5.74, 6) is 1.22. The number of piperidine rings is 1. The zero-order valence-electron chi connectivity index (χ0n) is 16.2. The van der Waals surface area contributed by atoms with Gasteiger partial charge in [-0.1, -0.05) is 6.07 Å². The number of pyridine rings is 1. The molecule has 0 saturated carbocycles. The summed E-state index contributed by atoms with van der Waals surface area (Å²) >= 11 is 0. The van der Waals surface area contributed by atoms with Gasteiger partial charge in [0.1, 0.15) is 11.6 Å². The number of esters is 1. The van der Waals surface area contributed by atoms with Gasteiger partial charge in [-0.2, -0.15) is 0 Å². The minimum absolute atomic E-state index is 0.319. The number of fused-ring (bicyclic) bond motifs is 2. The molecule has 2 aromatic rings. The van der Waals surface area contributed by atoms with Crippen LogP contribution in [0.4, 0.5) is 11.5 Å². The van der Waals surface area contributed by atoms with Gasteiger partial charge in [-0.3, -0.25) is 0 Å². The number of ether oxygens (including phenoxy) is 3. The summed E-state index contributed by atoms with van der Waals surface area (Å²) in [7, 11) is 1.61. The number of nitrogens with two attached hydrogens (primary N) is 1. The van der Waals surface area contributed by atoms with Crippen molar-refractivity contribution in [2.75, 3.05) is 37.4 Å². The first-order valence-corrected chi connectivity index (χ1v) is 9.55. The van der Waals surface area contributed by atoms with E-state index in [2.05, 4.69) is 9.88 Å². The summed E-state index contributed by atoms with van der Waals surface area (Å²) in [6.45, 7) is 3.64. The fraction of sp³-hybridized carbons (Fsp3) is 0.429. The summed E-state index contributed by atoms with van der Waals surface area (Å²) in [4.78, 5) is 19.2. The smallest absolute Gasteiger partial charge is 0.339 e. The molecule has 7 heteroatoms. The van der Waals surface area contributed by atoms with Gasteiger partial charge in [0.2, 0.25) is 0 Å². The molecule has 1 unspecified atom stereocenters. The molecule has 0 radical (unpaired) electrons. The molecular weight excluding hydrogens is 358 g/mol. The van der Waals surface area contributed by atoms with Crippen LogP contribution in [0.1, 0.15) is 37.0 Å². The number of hydrogen-bond donors (Lipinski definition) is 1. The Hall–Kier alpha value is -2.80. The zero-order valence-corrected chi connectivity index (χ0v) is 16.2. The maximum Gasteiger partial charge on any atom is 0.339 e. The molecule has 7 nitrogen and oxygen atoms in total. The molecule has 3 heterocycles. The summed E-state index contributed by atoms with van der Waals surface area (Å²) < 4.78 is 17.0. The molecule has 1 aromatic carbocycles. The minimum Gasteiger partial charge on any atom is -0.497 e. The van der Waals surface area contributed by atoms with Crippen molar-refractivity contribution in [2.45, 2.75) is 31.5 Å². The number of rotatable bonds is 4. The lowest BCUT2D eigenvalue weighted by Gasteiger charge is -2.40. The van der Waals surface area contributed by atoms with E-state index in [-0.39, 0.29) is 5.97 Å². The molecule has 1 atom stereocenters. The third-order valence-corrected chi connectivity index (χ3v) is 5.54. The fourth-order valence-corrected chi connectivity index (χ4v) is 4.14. The van der Waals surface area contributed by atoms with Crippen LogP contribution in [-0.2, 0) is 19.9 Å². The van der Waals surface area contributed by atoms with E-state index in [1.807, 2.05) is 24.3 Å². The van der Waals surface area contributed by atoms with Crippen LogP contribution in [0, 0.1) is 0 Å². The Labute approximate surface area is 164 Å². The Bertz CT molecular complexity index is 878. The quantitative estimate of drug-likeness (QED) is 0.812. The van der Waals surface area contributed by atoms with Gasteiger partial charge in [-0.05, 0) is 43.5 Å². The Kier molecular flexibility index (Phi) is 4.85. The van der Waals surface area contributed by atoms with Crippen molar-refractivity contribution in [3.63, 3.8) is 0 Å². The predicted molar refractivity (Wildman–Crippen MR) is 105 cm³/mol. The highest BCUT2D eigenvalue weighted by atomic mass is 16.6. The number of benzene rings is 1. The van der Waals surface area contributed by atoms with E-state index in [1.54, 1.807) is 26.3 Å². The average Bonchev–Trinajstić information content (AvgIpc) is 3.02. The molecule has 1 saturated heterocycles. The van der Waals surface area contributed by atoms with Crippen molar-refractivity contribution in [2.24, 2.45) is 0 Å². The molecule has 28 heavy (non-hydrogen) atoms. The van der Waals surface area contributed by atoms with E-state index < -0.39 is 11.7 Å². The van der Waals surface area contributed by atoms with Gasteiger partial charge < -0.3 is 24.8 Å². The predicted octanol–water partition coefficient (Wildman–Crippen LogP) is 2.80. The van der Waals surface area contributed by atoms with Gasteiger partial charge in [0.15, 0.2) is 6.10 Å². The highest BCUT2D eigenvalue weighted by Crippen LogP contribution is 2.50. The fourth-order valence-electron chi connectivity index (χ4n) is 4.14. The lowest BCUT2D eigenvalue weighted by atomic mass is 9.83. The number of aromatic nitrogens is 1. The average molecular weight is 383 g/mol. The second-order valence-corrected chi connectivity index (χ2v) is 7.13. The van der Waals surface area contributed by atoms with E-state index in [9.17, 15) is 4.79 Å².